The second-order valence-corrected chi connectivity index (χ2v) is 6.58. The summed E-state index contributed by atoms with van der Waals surface area (Å²) in [4.78, 5) is 24.7. The highest BCUT2D eigenvalue weighted by Gasteiger charge is 2.24. The Bertz CT molecular complexity index is 557. The van der Waals surface area contributed by atoms with Gasteiger partial charge in [-0.25, -0.2) is 0 Å². The van der Waals surface area contributed by atoms with Crippen molar-refractivity contribution in [3.63, 3.8) is 0 Å². The van der Waals surface area contributed by atoms with Crippen LogP contribution < -0.4 is 16.0 Å². The van der Waals surface area contributed by atoms with Crippen molar-refractivity contribution in [1.29, 1.82) is 0 Å². The highest BCUT2D eigenvalue weighted by molar-refractivity contribution is 8.00. The molecule has 0 radical (unpaired) electrons. The monoisotopic (exact) mass is 291 g/mol. The number of nitrogens with one attached hydrogen (secondary N) is 3. The smallest absolute Gasteiger partial charge is 0.251 e. The van der Waals surface area contributed by atoms with Gasteiger partial charge in [0.25, 0.3) is 5.91 Å². The van der Waals surface area contributed by atoms with E-state index in [-0.39, 0.29) is 17.1 Å². The zero-order valence-corrected chi connectivity index (χ0v) is 12.0. The molecule has 6 heteroatoms. The van der Waals surface area contributed by atoms with Crippen LogP contribution in [0.1, 0.15) is 17.3 Å². The molecule has 5 nitrogen and oxygen atoms in total. The lowest BCUT2D eigenvalue weighted by atomic mass is 10.0. The maximum Gasteiger partial charge on any atom is 0.251 e. The molecule has 2 heterocycles. The lowest BCUT2D eigenvalue weighted by molar-refractivity contribution is -0.115. The molecule has 1 atom stereocenters. The third kappa shape index (κ3) is 2.66. The summed E-state index contributed by atoms with van der Waals surface area (Å²) in [5.41, 5.74) is 1.32. The number of rotatable bonds is 3. The maximum absolute atomic E-state index is 12.1. The average molecular weight is 291 g/mol. The summed E-state index contributed by atoms with van der Waals surface area (Å²) in [6.07, 6.45) is 0. The fourth-order valence-corrected chi connectivity index (χ4v) is 3.11. The SMILES string of the molecule is CC1Sc2ccc(C(=O)NCC3CNC3)cc2NC1=O. The summed E-state index contributed by atoms with van der Waals surface area (Å²) in [7, 11) is 0. The first-order valence-corrected chi connectivity index (χ1v) is 7.62. The van der Waals surface area contributed by atoms with Gasteiger partial charge in [0.2, 0.25) is 5.91 Å². The fourth-order valence-electron chi connectivity index (χ4n) is 2.18. The van der Waals surface area contributed by atoms with Gasteiger partial charge < -0.3 is 16.0 Å². The minimum absolute atomic E-state index is 0.0133. The minimum Gasteiger partial charge on any atom is -0.352 e. The van der Waals surface area contributed by atoms with Crippen LogP contribution in [0.3, 0.4) is 0 Å². The zero-order valence-electron chi connectivity index (χ0n) is 11.2. The van der Waals surface area contributed by atoms with Crippen LogP contribution in [0.4, 0.5) is 5.69 Å². The number of benzene rings is 1. The van der Waals surface area contributed by atoms with Gasteiger partial charge in [0.05, 0.1) is 10.9 Å². The molecular formula is C14H17N3O2S. The number of anilines is 1. The Morgan fingerprint density at radius 3 is 2.95 bits per heavy atom. The molecule has 1 aromatic rings. The highest BCUT2D eigenvalue weighted by Crippen LogP contribution is 2.35. The van der Waals surface area contributed by atoms with Crippen LogP contribution in [0.15, 0.2) is 23.1 Å². The molecule has 0 saturated carbocycles. The number of hydrogen-bond acceptors (Lipinski definition) is 4. The summed E-state index contributed by atoms with van der Waals surface area (Å²) >= 11 is 1.52. The second-order valence-electron chi connectivity index (χ2n) is 5.19. The van der Waals surface area contributed by atoms with Gasteiger partial charge in [0, 0.05) is 36.0 Å². The molecule has 1 aromatic carbocycles. The average Bonchev–Trinajstić information content (AvgIpc) is 2.37. The van der Waals surface area contributed by atoms with E-state index in [4.69, 9.17) is 0 Å². The summed E-state index contributed by atoms with van der Waals surface area (Å²) in [6.45, 7) is 4.50. The number of thioether (sulfide) groups is 1. The molecule has 2 amide bonds. The third-order valence-corrected chi connectivity index (χ3v) is 4.77. The summed E-state index contributed by atoms with van der Waals surface area (Å²) in [6, 6.07) is 5.46. The van der Waals surface area contributed by atoms with Crippen molar-refractivity contribution in [2.24, 2.45) is 5.92 Å². The predicted molar refractivity (Wildman–Crippen MR) is 79.1 cm³/mol. The van der Waals surface area contributed by atoms with Crippen LogP contribution >= 0.6 is 11.8 Å². The summed E-state index contributed by atoms with van der Waals surface area (Å²) < 4.78 is 0. The first-order valence-electron chi connectivity index (χ1n) is 6.74. The molecule has 3 N–H and O–H groups in total. The largest absolute Gasteiger partial charge is 0.352 e. The summed E-state index contributed by atoms with van der Waals surface area (Å²) in [5.74, 6) is 0.436. The van der Waals surface area contributed by atoms with Crippen LogP contribution in [-0.4, -0.2) is 36.7 Å². The van der Waals surface area contributed by atoms with E-state index < -0.39 is 0 Å². The Morgan fingerprint density at radius 1 is 1.45 bits per heavy atom. The zero-order chi connectivity index (χ0) is 14.1. The van der Waals surface area contributed by atoms with Gasteiger partial charge in [-0.15, -0.1) is 11.8 Å². The molecule has 0 spiro atoms. The van der Waals surface area contributed by atoms with Gasteiger partial charge in [-0.2, -0.15) is 0 Å². The van der Waals surface area contributed by atoms with Crippen molar-refractivity contribution in [2.75, 3.05) is 25.0 Å². The molecule has 1 fully saturated rings. The molecule has 1 unspecified atom stereocenters. The molecule has 2 aliphatic heterocycles. The van der Waals surface area contributed by atoms with E-state index in [0.717, 1.165) is 23.7 Å². The van der Waals surface area contributed by atoms with Gasteiger partial charge in [0.15, 0.2) is 0 Å². The summed E-state index contributed by atoms with van der Waals surface area (Å²) in [5, 5.41) is 8.86. The fraction of sp³-hybridized carbons (Fsp3) is 0.429. The Kier molecular flexibility index (Phi) is 3.67. The van der Waals surface area contributed by atoms with Gasteiger partial charge in [-0.1, -0.05) is 0 Å². The normalized spacial score (nSPS) is 21.6. The number of carbonyl (C=O) groups is 2. The van der Waals surface area contributed by atoms with E-state index in [0.29, 0.717) is 18.0 Å². The minimum atomic E-state index is -0.0895. The lowest BCUT2D eigenvalue weighted by Gasteiger charge is -2.27. The van der Waals surface area contributed by atoms with Crippen LogP contribution in [0.25, 0.3) is 0 Å². The molecule has 1 saturated heterocycles. The van der Waals surface area contributed by atoms with Crippen LogP contribution in [0.2, 0.25) is 0 Å². The van der Waals surface area contributed by atoms with Gasteiger partial charge >= 0.3 is 0 Å². The molecular weight excluding hydrogens is 274 g/mol. The van der Waals surface area contributed by atoms with Crippen LogP contribution in [0, 0.1) is 5.92 Å². The molecule has 106 valence electrons. The Labute approximate surface area is 121 Å². The first kappa shape index (κ1) is 13.5. The molecule has 3 rings (SSSR count). The Balaban J connectivity index is 1.69. The number of amides is 2. The van der Waals surface area contributed by atoms with Crippen LogP contribution in [-0.2, 0) is 4.79 Å². The predicted octanol–water partition coefficient (Wildman–Crippen LogP) is 1.07. The van der Waals surface area contributed by atoms with Gasteiger partial charge in [-0.05, 0) is 25.1 Å². The molecule has 20 heavy (non-hydrogen) atoms. The second kappa shape index (κ2) is 5.46. The highest BCUT2D eigenvalue weighted by atomic mass is 32.2. The standard InChI is InChI=1S/C14H17N3O2S/c1-8-13(18)17-11-4-10(2-3-12(11)20-8)14(19)16-7-9-5-15-6-9/h2-4,8-9,15H,5-7H2,1H3,(H,16,19)(H,17,18). The first-order chi connectivity index (χ1) is 9.63. The van der Waals surface area contributed by atoms with Crippen molar-refractivity contribution in [3.8, 4) is 0 Å². The van der Waals surface area contributed by atoms with Crippen molar-refractivity contribution < 1.29 is 9.59 Å². The van der Waals surface area contributed by atoms with E-state index in [2.05, 4.69) is 16.0 Å². The van der Waals surface area contributed by atoms with E-state index in [1.54, 1.807) is 6.07 Å². The van der Waals surface area contributed by atoms with Gasteiger partial charge in [-0.3, -0.25) is 9.59 Å². The van der Waals surface area contributed by atoms with Crippen LogP contribution in [0.5, 0.6) is 0 Å². The van der Waals surface area contributed by atoms with E-state index in [1.165, 1.54) is 11.8 Å². The Morgan fingerprint density at radius 2 is 2.25 bits per heavy atom. The van der Waals surface area contributed by atoms with Crippen molar-refractivity contribution in [3.05, 3.63) is 23.8 Å². The molecule has 0 aromatic heterocycles. The number of carbonyl (C=O) groups excluding carboxylic acids is 2. The maximum atomic E-state index is 12.1. The van der Waals surface area contributed by atoms with Crippen molar-refractivity contribution in [1.82, 2.24) is 10.6 Å². The van der Waals surface area contributed by atoms with Crippen molar-refractivity contribution in [2.45, 2.75) is 17.1 Å². The van der Waals surface area contributed by atoms with E-state index in [9.17, 15) is 9.59 Å². The number of hydrogen-bond donors (Lipinski definition) is 3. The quantitative estimate of drug-likeness (QED) is 0.779. The van der Waals surface area contributed by atoms with E-state index >= 15 is 0 Å². The molecule has 0 bridgehead atoms. The van der Waals surface area contributed by atoms with E-state index in [1.807, 2.05) is 19.1 Å². The number of fused-ring (bicyclic) bond motifs is 1. The van der Waals surface area contributed by atoms with Gasteiger partial charge in [0.1, 0.15) is 0 Å². The van der Waals surface area contributed by atoms with Crippen molar-refractivity contribution >= 4 is 29.3 Å². The lowest BCUT2D eigenvalue weighted by Crippen LogP contribution is -2.48. The molecule has 0 aliphatic carbocycles. The molecule has 2 aliphatic rings. The Hall–Kier alpha value is -1.53. The topological polar surface area (TPSA) is 70.2 Å². The third-order valence-electron chi connectivity index (χ3n) is 3.59.